The third kappa shape index (κ3) is 6.82. The van der Waals surface area contributed by atoms with Crippen LogP contribution < -0.4 is 15.5 Å². The van der Waals surface area contributed by atoms with E-state index in [-0.39, 0.29) is 24.8 Å². The standard InChI is InChI=1S/C18H18FN3O3/c1-13(11-17(23)20-15-9-7-14(19)8-10-15)21-22-18(24)12-25-16-5-3-2-4-6-16/h2-10H,11-12H2,1H3,(H,20,23)(H,22,24)/b21-13-. The average molecular weight is 343 g/mol. The summed E-state index contributed by atoms with van der Waals surface area (Å²) < 4.78 is 18.1. The topological polar surface area (TPSA) is 79.8 Å². The van der Waals surface area contributed by atoms with Crippen molar-refractivity contribution in [2.75, 3.05) is 11.9 Å². The number of para-hydroxylation sites is 1. The summed E-state index contributed by atoms with van der Waals surface area (Å²) in [6, 6.07) is 14.4. The second-order valence-electron chi connectivity index (χ2n) is 5.22. The molecule has 130 valence electrons. The highest BCUT2D eigenvalue weighted by Crippen LogP contribution is 2.09. The third-order valence-corrected chi connectivity index (χ3v) is 3.03. The lowest BCUT2D eigenvalue weighted by atomic mass is 10.2. The summed E-state index contributed by atoms with van der Waals surface area (Å²) in [6.07, 6.45) is -0.00278. The molecule has 0 fully saturated rings. The van der Waals surface area contributed by atoms with Gasteiger partial charge in [0.15, 0.2) is 6.61 Å². The Bertz CT molecular complexity index is 746. The van der Waals surface area contributed by atoms with E-state index in [2.05, 4.69) is 15.8 Å². The number of hydrazone groups is 1. The van der Waals surface area contributed by atoms with E-state index in [1.54, 1.807) is 31.2 Å². The summed E-state index contributed by atoms with van der Waals surface area (Å²) in [4.78, 5) is 23.5. The van der Waals surface area contributed by atoms with Crippen molar-refractivity contribution >= 4 is 23.2 Å². The van der Waals surface area contributed by atoms with E-state index >= 15 is 0 Å². The van der Waals surface area contributed by atoms with Crippen LogP contribution in [-0.2, 0) is 9.59 Å². The zero-order chi connectivity index (χ0) is 18.1. The Labute approximate surface area is 144 Å². The first-order chi connectivity index (χ1) is 12.0. The van der Waals surface area contributed by atoms with Crippen molar-refractivity contribution < 1.29 is 18.7 Å². The number of hydrogen-bond acceptors (Lipinski definition) is 4. The molecule has 0 spiro atoms. The van der Waals surface area contributed by atoms with Gasteiger partial charge in [-0.2, -0.15) is 5.10 Å². The number of ether oxygens (including phenoxy) is 1. The summed E-state index contributed by atoms with van der Waals surface area (Å²) in [7, 11) is 0. The van der Waals surface area contributed by atoms with E-state index in [1.807, 2.05) is 6.07 Å². The number of benzene rings is 2. The van der Waals surface area contributed by atoms with Crippen LogP contribution in [0, 0.1) is 5.82 Å². The largest absolute Gasteiger partial charge is 0.484 e. The van der Waals surface area contributed by atoms with Crippen molar-refractivity contribution in [2.24, 2.45) is 5.10 Å². The minimum absolute atomic E-state index is 0.00278. The number of anilines is 1. The summed E-state index contributed by atoms with van der Waals surface area (Å²) in [6.45, 7) is 1.44. The second kappa shape index (κ2) is 9.17. The Hall–Kier alpha value is -3.22. The van der Waals surface area contributed by atoms with Crippen LogP contribution >= 0.6 is 0 Å². The molecule has 2 aromatic rings. The molecule has 0 unspecified atom stereocenters. The van der Waals surface area contributed by atoms with Gasteiger partial charge in [-0.1, -0.05) is 18.2 Å². The number of nitrogens with one attached hydrogen (secondary N) is 2. The van der Waals surface area contributed by atoms with Crippen molar-refractivity contribution in [3.63, 3.8) is 0 Å². The summed E-state index contributed by atoms with van der Waals surface area (Å²) >= 11 is 0. The predicted molar refractivity (Wildman–Crippen MR) is 92.8 cm³/mol. The van der Waals surface area contributed by atoms with Crippen molar-refractivity contribution in [3.8, 4) is 5.75 Å². The van der Waals surface area contributed by atoms with Gasteiger partial charge < -0.3 is 10.1 Å². The summed E-state index contributed by atoms with van der Waals surface area (Å²) in [5.41, 5.74) is 3.23. The van der Waals surface area contributed by atoms with Crippen LogP contribution in [0.3, 0.4) is 0 Å². The monoisotopic (exact) mass is 343 g/mol. The molecule has 25 heavy (non-hydrogen) atoms. The smallest absolute Gasteiger partial charge is 0.277 e. The normalized spacial score (nSPS) is 10.9. The maximum absolute atomic E-state index is 12.8. The highest BCUT2D eigenvalue weighted by molar-refractivity contribution is 6.05. The van der Waals surface area contributed by atoms with Crippen LogP contribution in [0.5, 0.6) is 5.75 Å². The summed E-state index contributed by atoms with van der Waals surface area (Å²) in [5, 5.41) is 6.46. The van der Waals surface area contributed by atoms with Crippen LogP contribution in [0.15, 0.2) is 59.7 Å². The first kappa shape index (κ1) is 18.1. The lowest BCUT2D eigenvalue weighted by molar-refractivity contribution is -0.123. The van der Waals surface area contributed by atoms with Gasteiger partial charge in [0.05, 0.1) is 6.42 Å². The van der Waals surface area contributed by atoms with Crippen LogP contribution in [0.4, 0.5) is 10.1 Å². The SMILES string of the molecule is C/C(CC(=O)Nc1ccc(F)cc1)=N/NC(=O)COc1ccccc1. The Morgan fingerprint density at radius 3 is 2.40 bits per heavy atom. The lowest BCUT2D eigenvalue weighted by Crippen LogP contribution is -2.26. The zero-order valence-corrected chi connectivity index (χ0v) is 13.7. The molecular formula is C18H18FN3O3. The number of carbonyl (C=O) groups excluding carboxylic acids is 2. The molecule has 2 N–H and O–H groups in total. The average Bonchev–Trinajstić information content (AvgIpc) is 2.61. The summed E-state index contributed by atoms with van der Waals surface area (Å²) in [5.74, 6) is -0.544. The molecule has 6 nitrogen and oxygen atoms in total. The van der Waals surface area contributed by atoms with Gasteiger partial charge in [-0.25, -0.2) is 9.82 Å². The van der Waals surface area contributed by atoms with E-state index in [0.29, 0.717) is 17.1 Å². The Morgan fingerprint density at radius 2 is 1.72 bits per heavy atom. The Balaban J connectivity index is 1.73. The van der Waals surface area contributed by atoms with E-state index in [0.717, 1.165) is 0 Å². The molecule has 0 aliphatic heterocycles. The highest BCUT2D eigenvalue weighted by atomic mass is 19.1. The number of nitrogens with zero attached hydrogens (tertiary/aromatic N) is 1. The first-order valence-corrected chi connectivity index (χ1v) is 7.58. The molecule has 2 rings (SSSR count). The van der Waals surface area contributed by atoms with Crippen molar-refractivity contribution in [1.29, 1.82) is 0 Å². The molecule has 0 radical (unpaired) electrons. The van der Waals surface area contributed by atoms with Gasteiger partial charge in [-0.3, -0.25) is 9.59 Å². The fourth-order valence-corrected chi connectivity index (χ4v) is 1.87. The fourth-order valence-electron chi connectivity index (χ4n) is 1.87. The second-order valence-corrected chi connectivity index (χ2v) is 5.22. The molecular weight excluding hydrogens is 325 g/mol. The van der Waals surface area contributed by atoms with Crippen LogP contribution in [0.25, 0.3) is 0 Å². The maximum atomic E-state index is 12.8. The van der Waals surface area contributed by atoms with E-state index < -0.39 is 5.91 Å². The van der Waals surface area contributed by atoms with Gasteiger partial charge in [-0.05, 0) is 43.3 Å². The minimum Gasteiger partial charge on any atom is -0.484 e. The third-order valence-electron chi connectivity index (χ3n) is 3.03. The quantitative estimate of drug-likeness (QED) is 0.599. The lowest BCUT2D eigenvalue weighted by Gasteiger charge is -2.06. The molecule has 7 heteroatoms. The number of rotatable bonds is 7. The molecule has 0 aliphatic rings. The number of halogens is 1. The van der Waals surface area contributed by atoms with Gasteiger partial charge in [0.1, 0.15) is 11.6 Å². The van der Waals surface area contributed by atoms with Gasteiger partial charge in [0.25, 0.3) is 5.91 Å². The van der Waals surface area contributed by atoms with Gasteiger partial charge in [0, 0.05) is 11.4 Å². The van der Waals surface area contributed by atoms with Crippen LogP contribution in [0.1, 0.15) is 13.3 Å². The molecule has 0 atom stereocenters. The van der Waals surface area contributed by atoms with Gasteiger partial charge >= 0.3 is 0 Å². The maximum Gasteiger partial charge on any atom is 0.277 e. The number of amides is 2. The van der Waals surface area contributed by atoms with Crippen LogP contribution in [-0.4, -0.2) is 24.1 Å². The minimum atomic E-state index is -0.429. The van der Waals surface area contributed by atoms with Crippen molar-refractivity contribution in [1.82, 2.24) is 5.43 Å². The molecule has 0 aliphatic carbocycles. The van der Waals surface area contributed by atoms with E-state index in [9.17, 15) is 14.0 Å². The molecule has 2 amide bonds. The number of carbonyl (C=O) groups is 2. The van der Waals surface area contributed by atoms with Gasteiger partial charge in [0.2, 0.25) is 5.91 Å². The molecule has 0 bridgehead atoms. The Kier molecular flexibility index (Phi) is 6.65. The van der Waals surface area contributed by atoms with E-state index in [4.69, 9.17) is 4.74 Å². The highest BCUT2D eigenvalue weighted by Gasteiger charge is 2.06. The Morgan fingerprint density at radius 1 is 1.04 bits per heavy atom. The molecule has 0 aromatic heterocycles. The van der Waals surface area contributed by atoms with Crippen molar-refractivity contribution in [2.45, 2.75) is 13.3 Å². The fraction of sp³-hybridized carbons (Fsp3) is 0.167. The predicted octanol–water partition coefficient (Wildman–Crippen LogP) is 2.73. The molecule has 0 saturated carbocycles. The molecule has 2 aromatic carbocycles. The van der Waals surface area contributed by atoms with Crippen molar-refractivity contribution in [3.05, 3.63) is 60.4 Å². The van der Waals surface area contributed by atoms with Crippen LogP contribution in [0.2, 0.25) is 0 Å². The van der Waals surface area contributed by atoms with E-state index in [1.165, 1.54) is 24.3 Å². The zero-order valence-electron chi connectivity index (χ0n) is 13.7. The number of hydrogen-bond donors (Lipinski definition) is 2. The molecule has 0 heterocycles. The van der Waals surface area contributed by atoms with Gasteiger partial charge in [-0.15, -0.1) is 0 Å². The molecule has 0 saturated heterocycles. The first-order valence-electron chi connectivity index (χ1n) is 7.58.